The molecule has 0 aliphatic carbocycles. The summed E-state index contributed by atoms with van der Waals surface area (Å²) in [6.07, 6.45) is 0. The first kappa shape index (κ1) is 19.8. The van der Waals surface area contributed by atoms with Crippen molar-refractivity contribution in [2.24, 2.45) is 0 Å². The zero-order chi connectivity index (χ0) is 19.3. The van der Waals surface area contributed by atoms with Crippen molar-refractivity contribution in [2.45, 2.75) is 4.90 Å². The van der Waals surface area contributed by atoms with Crippen LogP contribution in [0.3, 0.4) is 0 Å². The topological polar surface area (TPSA) is 102 Å². The average Bonchev–Trinajstić information content (AvgIpc) is 2.62. The number of amides is 1. The number of carbonyl (C=O) groups excluding carboxylic acids is 2. The molecule has 0 heterocycles. The van der Waals surface area contributed by atoms with Gasteiger partial charge in [0.15, 0.2) is 6.61 Å². The zero-order valence-corrected chi connectivity index (χ0v) is 15.0. The summed E-state index contributed by atoms with van der Waals surface area (Å²) in [6.45, 7) is -0.629. The number of carbonyl (C=O) groups is 2. The van der Waals surface area contributed by atoms with Crippen LogP contribution in [0.1, 0.15) is 10.4 Å². The second-order valence-electron chi connectivity index (χ2n) is 4.98. The fourth-order valence-electron chi connectivity index (χ4n) is 1.88. The molecule has 7 nitrogen and oxygen atoms in total. The lowest BCUT2D eigenvalue weighted by Gasteiger charge is -2.09. The van der Waals surface area contributed by atoms with Gasteiger partial charge in [-0.3, -0.25) is 4.79 Å². The summed E-state index contributed by atoms with van der Waals surface area (Å²) in [5, 5.41) is 2.39. The van der Waals surface area contributed by atoms with Gasteiger partial charge in [-0.25, -0.2) is 22.3 Å². The van der Waals surface area contributed by atoms with Gasteiger partial charge in [0, 0.05) is 5.69 Å². The average molecular weight is 401 g/mol. The van der Waals surface area contributed by atoms with Gasteiger partial charge < -0.3 is 10.1 Å². The molecule has 0 bridgehead atoms. The Hall–Kier alpha value is -2.49. The Morgan fingerprint density at radius 2 is 1.81 bits per heavy atom. The second-order valence-corrected chi connectivity index (χ2v) is 7.27. The van der Waals surface area contributed by atoms with Gasteiger partial charge in [-0.2, -0.15) is 0 Å². The number of hydrogen-bond donors (Lipinski definition) is 2. The molecule has 0 saturated carbocycles. The molecule has 0 aromatic heterocycles. The van der Waals surface area contributed by atoms with Crippen molar-refractivity contribution in [3.8, 4) is 0 Å². The summed E-state index contributed by atoms with van der Waals surface area (Å²) in [5.41, 5.74) is 0.130. The van der Waals surface area contributed by atoms with Gasteiger partial charge in [0.2, 0.25) is 10.0 Å². The van der Waals surface area contributed by atoms with Crippen LogP contribution in [0.4, 0.5) is 10.1 Å². The van der Waals surface area contributed by atoms with Gasteiger partial charge in [0.25, 0.3) is 5.91 Å². The molecule has 2 aromatic rings. The Balaban J connectivity index is 2.04. The molecule has 2 N–H and O–H groups in total. The van der Waals surface area contributed by atoms with E-state index in [2.05, 4.69) is 10.0 Å². The predicted octanol–water partition coefficient (Wildman–Crippen LogP) is 2.18. The molecule has 10 heteroatoms. The van der Waals surface area contributed by atoms with Gasteiger partial charge in [-0.15, -0.1) is 0 Å². The first-order valence-corrected chi connectivity index (χ1v) is 9.04. The van der Waals surface area contributed by atoms with Gasteiger partial charge in [-0.1, -0.05) is 11.6 Å². The Kier molecular flexibility index (Phi) is 6.30. The number of rotatable bonds is 6. The van der Waals surface area contributed by atoms with E-state index >= 15 is 0 Å². The maximum atomic E-state index is 12.8. The van der Waals surface area contributed by atoms with Crippen LogP contribution in [0.25, 0.3) is 0 Å². The van der Waals surface area contributed by atoms with E-state index < -0.39 is 34.3 Å². The number of nitrogens with one attached hydrogen (secondary N) is 2. The third kappa shape index (κ3) is 5.01. The summed E-state index contributed by atoms with van der Waals surface area (Å²) < 4.78 is 43.3. The van der Waals surface area contributed by atoms with E-state index in [-0.39, 0.29) is 15.5 Å². The Bertz CT molecular complexity index is 932. The number of anilines is 1. The van der Waals surface area contributed by atoms with Crippen LogP contribution in [0.2, 0.25) is 5.02 Å². The van der Waals surface area contributed by atoms with Crippen LogP contribution in [-0.2, 0) is 19.6 Å². The maximum Gasteiger partial charge on any atom is 0.340 e. The van der Waals surface area contributed by atoms with Crippen LogP contribution in [0.15, 0.2) is 47.4 Å². The van der Waals surface area contributed by atoms with E-state index in [9.17, 15) is 22.4 Å². The molecule has 0 spiro atoms. The van der Waals surface area contributed by atoms with E-state index in [1.54, 1.807) is 0 Å². The SMILES string of the molecule is CNS(=O)(=O)c1ccc(Cl)c(C(=O)OCC(=O)Nc2ccc(F)cc2)c1. The molecule has 0 saturated heterocycles. The standard InChI is InChI=1S/C16H14ClFN2O5S/c1-19-26(23,24)12-6-7-14(17)13(8-12)16(22)25-9-15(21)20-11-4-2-10(18)3-5-11/h2-8,19H,9H2,1H3,(H,20,21). The molecule has 0 fully saturated rings. The van der Waals surface area contributed by atoms with Gasteiger partial charge in [0.05, 0.1) is 15.5 Å². The van der Waals surface area contributed by atoms with Crippen molar-refractivity contribution < 1.29 is 27.1 Å². The first-order chi connectivity index (χ1) is 12.2. The Morgan fingerprint density at radius 1 is 1.15 bits per heavy atom. The fourth-order valence-corrected chi connectivity index (χ4v) is 2.84. The molecule has 1 amide bonds. The van der Waals surface area contributed by atoms with Crippen LogP contribution >= 0.6 is 11.6 Å². The highest BCUT2D eigenvalue weighted by Crippen LogP contribution is 2.21. The number of esters is 1. The van der Waals surface area contributed by atoms with Crippen LogP contribution in [-0.4, -0.2) is 33.9 Å². The number of benzene rings is 2. The summed E-state index contributed by atoms with van der Waals surface area (Å²) in [4.78, 5) is 23.7. The number of sulfonamides is 1. The summed E-state index contributed by atoms with van der Waals surface area (Å²) in [7, 11) is -2.55. The highest BCUT2D eigenvalue weighted by atomic mass is 35.5. The van der Waals surface area contributed by atoms with E-state index in [0.717, 1.165) is 18.2 Å². The lowest BCUT2D eigenvalue weighted by atomic mass is 10.2. The molecule has 2 aromatic carbocycles. The van der Waals surface area contributed by atoms with Crippen molar-refractivity contribution in [1.29, 1.82) is 0 Å². The highest BCUT2D eigenvalue weighted by Gasteiger charge is 2.19. The molecular weight excluding hydrogens is 387 g/mol. The van der Waals surface area contributed by atoms with E-state index in [4.69, 9.17) is 16.3 Å². The molecule has 26 heavy (non-hydrogen) atoms. The van der Waals surface area contributed by atoms with Crippen molar-refractivity contribution in [1.82, 2.24) is 4.72 Å². The first-order valence-electron chi connectivity index (χ1n) is 7.18. The van der Waals surface area contributed by atoms with Gasteiger partial charge >= 0.3 is 5.97 Å². The third-order valence-electron chi connectivity index (χ3n) is 3.20. The fraction of sp³-hybridized carbons (Fsp3) is 0.125. The van der Waals surface area contributed by atoms with Gasteiger partial charge in [0.1, 0.15) is 5.82 Å². The monoisotopic (exact) mass is 400 g/mol. The molecular formula is C16H14ClFN2O5S. The third-order valence-corrected chi connectivity index (χ3v) is 4.94. The lowest BCUT2D eigenvalue weighted by Crippen LogP contribution is -2.22. The molecule has 2 rings (SSSR count). The highest BCUT2D eigenvalue weighted by molar-refractivity contribution is 7.89. The molecule has 0 unspecified atom stereocenters. The minimum absolute atomic E-state index is 0.0241. The number of ether oxygens (including phenoxy) is 1. The number of halogens is 2. The van der Waals surface area contributed by atoms with Crippen molar-refractivity contribution >= 4 is 39.2 Å². The number of hydrogen-bond acceptors (Lipinski definition) is 5. The molecule has 0 atom stereocenters. The van der Waals surface area contributed by atoms with E-state index in [0.29, 0.717) is 5.69 Å². The van der Waals surface area contributed by atoms with Crippen LogP contribution < -0.4 is 10.0 Å². The van der Waals surface area contributed by atoms with Crippen LogP contribution in [0, 0.1) is 5.82 Å². The van der Waals surface area contributed by atoms with Crippen molar-refractivity contribution in [2.75, 3.05) is 19.0 Å². The quantitative estimate of drug-likeness (QED) is 0.724. The lowest BCUT2D eigenvalue weighted by molar-refractivity contribution is -0.119. The largest absolute Gasteiger partial charge is 0.452 e. The summed E-state index contributed by atoms with van der Waals surface area (Å²) in [5.74, 6) is -2.07. The minimum atomic E-state index is -3.77. The summed E-state index contributed by atoms with van der Waals surface area (Å²) in [6, 6.07) is 8.53. The Morgan fingerprint density at radius 3 is 2.42 bits per heavy atom. The van der Waals surface area contributed by atoms with Crippen molar-refractivity contribution in [3.05, 3.63) is 58.9 Å². The van der Waals surface area contributed by atoms with Gasteiger partial charge in [-0.05, 0) is 49.5 Å². The minimum Gasteiger partial charge on any atom is -0.452 e. The van der Waals surface area contributed by atoms with E-state index in [1.807, 2.05) is 0 Å². The predicted molar refractivity (Wildman–Crippen MR) is 93.0 cm³/mol. The second kappa shape index (κ2) is 8.26. The molecule has 0 aliphatic heterocycles. The Labute approximate surface area is 154 Å². The molecule has 138 valence electrons. The summed E-state index contributed by atoms with van der Waals surface area (Å²) >= 11 is 5.89. The van der Waals surface area contributed by atoms with E-state index in [1.165, 1.54) is 31.3 Å². The normalized spacial score (nSPS) is 11.0. The molecule has 0 radical (unpaired) electrons. The smallest absolute Gasteiger partial charge is 0.340 e. The maximum absolute atomic E-state index is 12.8. The van der Waals surface area contributed by atoms with Crippen molar-refractivity contribution in [3.63, 3.8) is 0 Å². The molecule has 0 aliphatic rings. The van der Waals surface area contributed by atoms with Crippen LogP contribution in [0.5, 0.6) is 0 Å². The zero-order valence-electron chi connectivity index (χ0n) is 13.5.